The Labute approximate surface area is 204 Å². The van der Waals surface area contributed by atoms with Crippen LogP contribution in [0.1, 0.15) is 55.8 Å². The summed E-state index contributed by atoms with van der Waals surface area (Å²) < 4.78 is 12.1. The Morgan fingerprint density at radius 1 is 0.788 bits per heavy atom. The third-order valence-corrected chi connectivity index (χ3v) is 5.70. The van der Waals surface area contributed by atoms with Crippen molar-refractivity contribution in [3.05, 3.63) is 82.8 Å². The van der Waals surface area contributed by atoms with Gasteiger partial charge in [0.15, 0.2) is 0 Å². The van der Waals surface area contributed by atoms with Crippen LogP contribution in [0.25, 0.3) is 0 Å². The quantitative estimate of drug-likeness (QED) is 0.106. The third-order valence-electron chi connectivity index (χ3n) is 5.03. The monoisotopic (exact) mass is 508 g/mol. The number of nitrogens with zero attached hydrogens (tertiary/aromatic N) is 2. The number of hydrogen-bond acceptors (Lipinski definition) is 5. The number of carbonyl (C=O) groups excluding carboxylic acids is 1. The predicted molar refractivity (Wildman–Crippen MR) is 135 cm³/mol. The average Bonchev–Trinajstić information content (AvgIpc) is 2.84. The highest BCUT2D eigenvalue weighted by atomic mass is 79.9. The molecule has 0 radical (unpaired) electrons. The number of unbranched alkanes of at least 4 members (excludes halogenated alkanes) is 5. The Morgan fingerprint density at radius 3 is 2.18 bits per heavy atom. The molecule has 3 rings (SSSR count). The van der Waals surface area contributed by atoms with E-state index in [4.69, 9.17) is 9.47 Å². The summed E-state index contributed by atoms with van der Waals surface area (Å²) >= 11 is 3.44. The molecule has 0 heterocycles. The standard InChI is InChI=1S/C27H29BrN2O3/c1-2-3-4-5-6-9-20-32-23-16-12-21(13-17-23)27(31)33-24-18-14-22(15-19-24)29-30-26-11-8-7-10-25(26)28/h7-8,10-19H,2-6,9,20H2,1H3. The summed E-state index contributed by atoms with van der Waals surface area (Å²) in [6.45, 7) is 2.92. The van der Waals surface area contributed by atoms with Gasteiger partial charge in [0.2, 0.25) is 0 Å². The first-order chi connectivity index (χ1) is 16.2. The predicted octanol–water partition coefficient (Wildman–Crippen LogP) is 8.82. The highest BCUT2D eigenvalue weighted by molar-refractivity contribution is 9.10. The second kappa shape index (κ2) is 13.5. The Hall–Kier alpha value is -2.99. The minimum absolute atomic E-state index is 0.417. The first-order valence-corrected chi connectivity index (χ1v) is 12.2. The van der Waals surface area contributed by atoms with Gasteiger partial charge in [-0.1, -0.05) is 51.2 Å². The highest BCUT2D eigenvalue weighted by Gasteiger charge is 2.09. The zero-order valence-electron chi connectivity index (χ0n) is 18.9. The van der Waals surface area contributed by atoms with Gasteiger partial charge in [-0.2, -0.15) is 5.11 Å². The smallest absolute Gasteiger partial charge is 0.343 e. The minimum atomic E-state index is -0.417. The van der Waals surface area contributed by atoms with Crippen molar-refractivity contribution in [2.24, 2.45) is 10.2 Å². The molecule has 0 aliphatic heterocycles. The summed E-state index contributed by atoms with van der Waals surface area (Å²) in [7, 11) is 0. The summed E-state index contributed by atoms with van der Waals surface area (Å²) in [6.07, 6.45) is 7.36. The minimum Gasteiger partial charge on any atom is -0.494 e. The van der Waals surface area contributed by atoms with Crippen LogP contribution >= 0.6 is 15.9 Å². The van der Waals surface area contributed by atoms with Gasteiger partial charge < -0.3 is 9.47 Å². The molecular formula is C27H29BrN2O3. The van der Waals surface area contributed by atoms with Crippen LogP contribution in [0, 0.1) is 0 Å². The van der Waals surface area contributed by atoms with E-state index in [2.05, 4.69) is 33.1 Å². The fourth-order valence-electron chi connectivity index (χ4n) is 3.15. The number of carbonyl (C=O) groups is 1. The van der Waals surface area contributed by atoms with Crippen LogP contribution in [0.3, 0.4) is 0 Å². The van der Waals surface area contributed by atoms with E-state index >= 15 is 0 Å². The second-order valence-corrected chi connectivity index (χ2v) is 8.53. The first kappa shape index (κ1) is 24.6. The summed E-state index contributed by atoms with van der Waals surface area (Å²) in [5, 5.41) is 8.44. The van der Waals surface area contributed by atoms with Crippen LogP contribution in [0.5, 0.6) is 11.5 Å². The van der Waals surface area contributed by atoms with Gasteiger partial charge in [-0.05, 0) is 83.0 Å². The van der Waals surface area contributed by atoms with Crippen LogP contribution in [-0.4, -0.2) is 12.6 Å². The number of esters is 1. The van der Waals surface area contributed by atoms with Crippen molar-refractivity contribution in [3.8, 4) is 11.5 Å². The molecule has 3 aromatic carbocycles. The van der Waals surface area contributed by atoms with Crippen LogP contribution in [-0.2, 0) is 0 Å². The normalized spacial score (nSPS) is 11.0. The molecule has 0 N–H and O–H groups in total. The van der Waals surface area contributed by atoms with Gasteiger partial charge in [0.25, 0.3) is 0 Å². The van der Waals surface area contributed by atoms with Crippen molar-refractivity contribution in [1.29, 1.82) is 0 Å². The fraction of sp³-hybridized carbons (Fsp3) is 0.296. The van der Waals surface area contributed by atoms with E-state index in [-0.39, 0.29) is 0 Å². The van der Waals surface area contributed by atoms with Crippen molar-refractivity contribution in [2.45, 2.75) is 45.4 Å². The van der Waals surface area contributed by atoms with E-state index in [0.717, 1.165) is 22.3 Å². The molecule has 0 atom stereocenters. The van der Waals surface area contributed by atoms with E-state index in [1.54, 1.807) is 48.5 Å². The number of hydrogen-bond donors (Lipinski definition) is 0. The maximum absolute atomic E-state index is 12.4. The summed E-state index contributed by atoms with van der Waals surface area (Å²) in [4.78, 5) is 12.4. The second-order valence-electron chi connectivity index (χ2n) is 7.68. The Morgan fingerprint density at radius 2 is 1.45 bits per heavy atom. The first-order valence-electron chi connectivity index (χ1n) is 11.4. The van der Waals surface area contributed by atoms with E-state index in [1.807, 2.05) is 24.3 Å². The lowest BCUT2D eigenvalue weighted by atomic mass is 10.1. The van der Waals surface area contributed by atoms with Crippen molar-refractivity contribution >= 4 is 33.3 Å². The molecule has 6 heteroatoms. The van der Waals surface area contributed by atoms with Crippen LogP contribution in [0.2, 0.25) is 0 Å². The molecule has 0 fully saturated rings. The number of azo groups is 1. The highest BCUT2D eigenvalue weighted by Crippen LogP contribution is 2.27. The molecule has 0 saturated heterocycles. The molecule has 0 aromatic heterocycles. The van der Waals surface area contributed by atoms with Crippen molar-refractivity contribution < 1.29 is 14.3 Å². The van der Waals surface area contributed by atoms with E-state index in [9.17, 15) is 4.79 Å². The molecule has 0 bridgehead atoms. The maximum Gasteiger partial charge on any atom is 0.343 e. The Balaban J connectivity index is 1.45. The number of ether oxygens (including phenoxy) is 2. The van der Waals surface area contributed by atoms with E-state index in [1.165, 1.54) is 32.1 Å². The van der Waals surface area contributed by atoms with Crippen LogP contribution in [0.15, 0.2) is 87.5 Å². The topological polar surface area (TPSA) is 60.2 Å². The van der Waals surface area contributed by atoms with Crippen LogP contribution < -0.4 is 9.47 Å². The Bertz CT molecular complexity index is 1030. The molecule has 0 aliphatic rings. The molecule has 0 spiro atoms. The van der Waals surface area contributed by atoms with Crippen molar-refractivity contribution in [3.63, 3.8) is 0 Å². The van der Waals surface area contributed by atoms with Crippen LogP contribution in [0.4, 0.5) is 11.4 Å². The zero-order chi connectivity index (χ0) is 23.3. The van der Waals surface area contributed by atoms with Gasteiger partial charge in [0.05, 0.1) is 23.5 Å². The summed E-state index contributed by atoms with van der Waals surface area (Å²) in [6, 6.07) is 21.5. The zero-order valence-corrected chi connectivity index (χ0v) is 20.5. The average molecular weight is 509 g/mol. The van der Waals surface area contributed by atoms with Gasteiger partial charge in [-0.15, -0.1) is 5.11 Å². The largest absolute Gasteiger partial charge is 0.494 e. The summed E-state index contributed by atoms with van der Waals surface area (Å²) in [5.74, 6) is 0.795. The van der Waals surface area contributed by atoms with Crippen molar-refractivity contribution in [2.75, 3.05) is 6.61 Å². The third kappa shape index (κ3) is 8.46. The molecule has 33 heavy (non-hydrogen) atoms. The molecule has 0 unspecified atom stereocenters. The van der Waals surface area contributed by atoms with E-state index < -0.39 is 5.97 Å². The summed E-state index contributed by atoms with van der Waals surface area (Å²) in [5.41, 5.74) is 1.88. The molecule has 0 saturated carbocycles. The fourth-order valence-corrected chi connectivity index (χ4v) is 3.51. The van der Waals surface area contributed by atoms with Gasteiger partial charge in [-0.25, -0.2) is 4.79 Å². The molecule has 3 aromatic rings. The van der Waals surface area contributed by atoms with Gasteiger partial charge in [0, 0.05) is 4.47 Å². The SMILES string of the molecule is CCCCCCCCOc1ccc(C(=O)Oc2ccc(N=Nc3ccccc3Br)cc2)cc1. The van der Waals surface area contributed by atoms with Gasteiger partial charge in [-0.3, -0.25) is 0 Å². The molecule has 0 amide bonds. The molecular weight excluding hydrogens is 480 g/mol. The number of halogens is 1. The Kier molecular flexibility index (Phi) is 10.1. The van der Waals surface area contributed by atoms with E-state index in [0.29, 0.717) is 23.6 Å². The maximum atomic E-state index is 12.4. The molecule has 5 nitrogen and oxygen atoms in total. The molecule has 172 valence electrons. The lowest BCUT2D eigenvalue weighted by Crippen LogP contribution is -2.08. The van der Waals surface area contributed by atoms with Crippen molar-refractivity contribution in [1.82, 2.24) is 0 Å². The lowest BCUT2D eigenvalue weighted by Gasteiger charge is -2.08. The van der Waals surface area contributed by atoms with Gasteiger partial charge in [0.1, 0.15) is 11.5 Å². The number of benzene rings is 3. The molecule has 0 aliphatic carbocycles. The number of rotatable bonds is 12. The van der Waals surface area contributed by atoms with Gasteiger partial charge >= 0.3 is 5.97 Å². The lowest BCUT2D eigenvalue weighted by molar-refractivity contribution is 0.0734.